The van der Waals surface area contributed by atoms with Crippen molar-refractivity contribution in [2.75, 3.05) is 20.1 Å². The third-order valence-corrected chi connectivity index (χ3v) is 5.32. The van der Waals surface area contributed by atoms with Gasteiger partial charge in [0.2, 0.25) is 5.91 Å². The molecule has 2 rings (SSSR count). The van der Waals surface area contributed by atoms with Crippen LogP contribution in [-0.2, 0) is 4.79 Å². The Kier molecular flexibility index (Phi) is 4.63. The van der Waals surface area contributed by atoms with Gasteiger partial charge in [0.05, 0.1) is 11.5 Å². The van der Waals surface area contributed by atoms with Gasteiger partial charge in [-0.3, -0.25) is 4.79 Å². The number of hydrogen-bond donors (Lipinski definition) is 1. The molecule has 2 atom stereocenters. The van der Waals surface area contributed by atoms with Gasteiger partial charge in [0.25, 0.3) is 0 Å². The van der Waals surface area contributed by atoms with Crippen molar-refractivity contribution in [2.24, 2.45) is 5.41 Å². The third kappa shape index (κ3) is 2.84. The minimum Gasteiger partial charge on any atom is -0.338 e. The van der Waals surface area contributed by atoms with Crippen LogP contribution in [0.15, 0.2) is 17.5 Å². The molecule has 1 aromatic rings. The molecule has 1 aliphatic rings. The molecule has 19 heavy (non-hydrogen) atoms. The minimum atomic E-state index is -0.172. The first-order valence-electron chi connectivity index (χ1n) is 7.12. The van der Waals surface area contributed by atoms with Crippen molar-refractivity contribution in [2.45, 2.75) is 39.2 Å². The number of rotatable bonds is 5. The Morgan fingerprint density at radius 3 is 2.95 bits per heavy atom. The van der Waals surface area contributed by atoms with Gasteiger partial charge in [0.15, 0.2) is 0 Å². The number of nitrogens with one attached hydrogen (secondary N) is 1. The zero-order valence-corrected chi connectivity index (χ0v) is 12.9. The molecule has 0 saturated carbocycles. The van der Waals surface area contributed by atoms with Crippen LogP contribution in [0.1, 0.15) is 44.0 Å². The van der Waals surface area contributed by atoms with Gasteiger partial charge in [-0.2, -0.15) is 0 Å². The highest BCUT2D eigenvalue weighted by Gasteiger charge is 2.42. The first kappa shape index (κ1) is 14.5. The van der Waals surface area contributed by atoms with Gasteiger partial charge in [-0.25, -0.2) is 0 Å². The van der Waals surface area contributed by atoms with Gasteiger partial charge in [-0.05, 0) is 37.8 Å². The Bertz CT molecular complexity index is 410. The van der Waals surface area contributed by atoms with E-state index in [-0.39, 0.29) is 11.5 Å². The Morgan fingerprint density at radius 2 is 2.42 bits per heavy atom. The summed E-state index contributed by atoms with van der Waals surface area (Å²) >= 11 is 1.72. The van der Waals surface area contributed by atoms with Crippen LogP contribution < -0.4 is 5.32 Å². The summed E-state index contributed by atoms with van der Waals surface area (Å²) in [5, 5.41) is 5.44. The smallest absolute Gasteiger partial charge is 0.230 e. The van der Waals surface area contributed by atoms with E-state index < -0.39 is 0 Å². The third-order valence-electron chi connectivity index (χ3n) is 4.28. The largest absolute Gasteiger partial charge is 0.338 e. The quantitative estimate of drug-likeness (QED) is 0.899. The average molecular weight is 280 g/mol. The molecule has 0 bridgehead atoms. The molecule has 2 heterocycles. The summed E-state index contributed by atoms with van der Waals surface area (Å²) in [5.41, 5.74) is -0.172. The standard InChI is InChI=1S/C15H24N2OS/c1-4-7-15(8-9-16-11-15)14(18)17(3)12(2)13-6-5-10-19-13/h5-6,10,12,16H,4,7-9,11H2,1-3H3. The molecule has 4 heteroatoms. The first-order chi connectivity index (χ1) is 9.10. The summed E-state index contributed by atoms with van der Waals surface area (Å²) in [6, 6.07) is 4.33. The molecule has 0 spiro atoms. The van der Waals surface area contributed by atoms with Crippen LogP contribution in [0.5, 0.6) is 0 Å². The highest BCUT2D eigenvalue weighted by Crippen LogP contribution is 2.36. The first-order valence-corrected chi connectivity index (χ1v) is 8.00. The van der Waals surface area contributed by atoms with Crippen molar-refractivity contribution in [3.8, 4) is 0 Å². The molecule has 1 aliphatic heterocycles. The molecule has 0 radical (unpaired) electrons. The van der Waals surface area contributed by atoms with Crippen LogP contribution in [0.2, 0.25) is 0 Å². The number of amides is 1. The fourth-order valence-electron chi connectivity index (χ4n) is 2.99. The zero-order valence-electron chi connectivity index (χ0n) is 12.1. The van der Waals surface area contributed by atoms with Crippen molar-refractivity contribution < 1.29 is 4.79 Å². The van der Waals surface area contributed by atoms with E-state index in [4.69, 9.17) is 0 Å². The molecular weight excluding hydrogens is 256 g/mol. The van der Waals surface area contributed by atoms with Crippen molar-refractivity contribution in [3.63, 3.8) is 0 Å². The second kappa shape index (κ2) is 6.06. The maximum Gasteiger partial charge on any atom is 0.230 e. The second-order valence-corrected chi connectivity index (χ2v) is 6.54. The Morgan fingerprint density at radius 1 is 1.63 bits per heavy atom. The highest BCUT2D eigenvalue weighted by atomic mass is 32.1. The molecule has 106 valence electrons. The highest BCUT2D eigenvalue weighted by molar-refractivity contribution is 7.10. The van der Waals surface area contributed by atoms with Crippen LogP contribution in [0.3, 0.4) is 0 Å². The SMILES string of the molecule is CCCC1(C(=O)N(C)C(C)c2cccs2)CCNC1. The average Bonchev–Trinajstić information content (AvgIpc) is 3.08. The van der Waals surface area contributed by atoms with Gasteiger partial charge in [-0.1, -0.05) is 19.4 Å². The number of hydrogen-bond acceptors (Lipinski definition) is 3. The van der Waals surface area contributed by atoms with Crippen LogP contribution in [0.25, 0.3) is 0 Å². The van der Waals surface area contributed by atoms with E-state index >= 15 is 0 Å². The summed E-state index contributed by atoms with van der Waals surface area (Å²) in [4.78, 5) is 16.1. The van der Waals surface area contributed by atoms with Crippen LogP contribution in [0, 0.1) is 5.41 Å². The summed E-state index contributed by atoms with van der Waals surface area (Å²) in [6.07, 6.45) is 3.02. The maximum absolute atomic E-state index is 12.9. The molecule has 1 aromatic heterocycles. The van der Waals surface area contributed by atoms with Crippen LogP contribution in [-0.4, -0.2) is 30.9 Å². The summed E-state index contributed by atoms with van der Waals surface area (Å²) in [7, 11) is 1.95. The number of carbonyl (C=O) groups is 1. The topological polar surface area (TPSA) is 32.3 Å². The fraction of sp³-hybridized carbons (Fsp3) is 0.667. The zero-order chi connectivity index (χ0) is 13.9. The van der Waals surface area contributed by atoms with Crippen LogP contribution in [0.4, 0.5) is 0 Å². The molecule has 1 N–H and O–H groups in total. The van der Waals surface area contributed by atoms with Gasteiger partial charge in [0, 0.05) is 18.5 Å². The summed E-state index contributed by atoms with van der Waals surface area (Å²) in [6.45, 7) is 6.08. The molecule has 2 unspecified atom stereocenters. The van der Waals surface area contributed by atoms with E-state index in [9.17, 15) is 4.79 Å². The molecule has 1 fully saturated rings. The molecule has 1 amide bonds. The number of carbonyl (C=O) groups excluding carboxylic acids is 1. The minimum absolute atomic E-state index is 0.168. The lowest BCUT2D eigenvalue weighted by molar-refractivity contribution is -0.142. The van der Waals surface area contributed by atoms with E-state index in [1.165, 1.54) is 4.88 Å². The number of nitrogens with zero attached hydrogens (tertiary/aromatic N) is 1. The van der Waals surface area contributed by atoms with E-state index in [1.807, 2.05) is 18.0 Å². The molecular formula is C15H24N2OS. The Labute approximate surface area is 120 Å². The van der Waals surface area contributed by atoms with Crippen molar-refractivity contribution in [3.05, 3.63) is 22.4 Å². The van der Waals surface area contributed by atoms with E-state index in [1.54, 1.807) is 11.3 Å². The Balaban J connectivity index is 2.13. The molecule has 0 aliphatic carbocycles. The van der Waals surface area contributed by atoms with Crippen molar-refractivity contribution in [1.82, 2.24) is 10.2 Å². The lowest BCUT2D eigenvalue weighted by atomic mass is 9.81. The van der Waals surface area contributed by atoms with Crippen molar-refractivity contribution >= 4 is 17.2 Å². The fourth-order valence-corrected chi connectivity index (χ4v) is 3.82. The molecule has 3 nitrogen and oxygen atoms in total. The maximum atomic E-state index is 12.9. The second-order valence-electron chi connectivity index (χ2n) is 5.56. The monoisotopic (exact) mass is 280 g/mol. The summed E-state index contributed by atoms with van der Waals surface area (Å²) < 4.78 is 0. The lowest BCUT2D eigenvalue weighted by Crippen LogP contribution is -2.44. The normalized spacial score (nSPS) is 24.4. The van der Waals surface area contributed by atoms with Gasteiger partial charge in [0.1, 0.15) is 0 Å². The molecule has 0 aromatic carbocycles. The lowest BCUT2D eigenvalue weighted by Gasteiger charge is -2.34. The predicted molar refractivity (Wildman–Crippen MR) is 80.3 cm³/mol. The summed E-state index contributed by atoms with van der Waals surface area (Å²) in [5.74, 6) is 0.306. The van der Waals surface area contributed by atoms with Crippen molar-refractivity contribution in [1.29, 1.82) is 0 Å². The van der Waals surface area contributed by atoms with E-state index in [0.717, 1.165) is 32.4 Å². The van der Waals surface area contributed by atoms with E-state index in [0.29, 0.717) is 5.91 Å². The van der Waals surface area contributed by atoms with Crippen LogP contribution >= 0.6 is 11.3 Å². The number of thiophene rings is 1. The Hall–Kier alpha value is -0.870. The molecule has 1 saturated heterocycles. The van der Waals surface area contributed by atoms with Gasteiger partial charge in [-0.15, -0.1) is 11.3 Å². The van der Waals surface area contributed by atoms with Gasteiger partial charge >= 0.3 is 0 Å². The predicted octanol–water partition coefficient (Wildman–Crippen LogP) is 3.05. The van der Waals surface area contributed by atoms with E-state index in [2.05, 4.69) is 30.6 Å². The van der Waals surface area contributed by atoms with Gasteiger partial charge < -0.3 is 10.2 Å².